The van der Waals surface area contributed by atoms with Crippen molar-refractivity contribution in [1.29, 1.82) is 0 Å². The second-order valence-electron chi connectivity index (χ2n) is 7.12. The minimum atomic E-state index is 0.125. The lowest BCUT2D eigenvalue weighted by molar-refractivity contribution is 0.151. The first-order valence-corrected chi connectivity index (χ1v) is 9.66. The molecule has 0 aromatic carbocycles. The summed E-state index contributed by atoms with van der Waals surface area (Å²) >= 11 is 2.41. The van der Waals surface area contributed by atoms with Gasteiger partial charge in [-0.15, -0.1) is 0 Å². The van der Waals surface area contributed by atoms with E-state index in [1.165, 1.54) is 27.6 Å². The molecule has 122 valence electrons. The number of rotatable bonds is 1. The molecule has 3 aliphatic carbocycles. The zero-order chi connectivity index (χ0) is 16.4. The Bertz CT molecular complexity index is 620. The molecule has 4 unspecified atom stereocenters. The second-order valence-corrected chi connectivity index (χ2v) is 8.51. The third-order valence-corrected chi connectivity index (χ3v) is 6.38. The molecule has 3 rings (SSSR count). The van der Waals surface area contributed by atoms with Crippen molar-refractivity contribution in [3.05, 3.63) is 69.9 Å². The number of allylic oxidation sites excluding steroid dienone is 9. The molecule has 3 aliphatic rings. The number of hydrogen-bond acceptors (Lipinski definition) is 1. The molecule has 2 N–H and O–H groups in total. The number of halogens is 1. The SMILES string of the molecule is C=C(I)C1CC(C)C2C(C=C3C=C(\C=C/C=C\C=C/C3)[C@H]2N)C1. The molecule has 2 bridgehead atoms. The van der Waals surface area contributed by atoms with E-state index in [2.05, 4.69) is 84.7 Å². The summed E-state index contributed by atoms with van der Waals surface area (Å²) in [7, 11) is 0. The van der Waals surface area contributed by atoms with E-state index in [1.807, 2.05) is 0 Å². The first kappa shape index (κ1) is 17.0. The second kappa shape index (κ2) is 7.35. The van der Waals surface area contributed by atoms with Crippen LogP contribution in [0.1, 0.15) is 26.2 Å². The standard InChI is InChI=1S/C21H26IN/c1-14-10-18(15(2)22)13-19-12-16-8-6-4-3-5-7-9-17(11-16)21(23)20(14)19/h3-7,9,11-12,14,18-21H,2,8,10,13,23H2,1H3/b5-3-,6-4-,9-7-/t14?,18?,19?,20?,21-/m1/s1. The fourth-order valence-electron chi connectivity index (χ4n) is 4.38. The van der Waals surface area contributed by atoms with E-state index in [0.717, 1.165) is 6.42 Å². The summed E-state index contributed by atoms with van der Waals surface area (Å²) in [6.07, 6.45) is 21.1. The van der Waals surface area contributed by atoms with E-state index in [9.17, 15) is 0 Å². The van der Waals surface area contributed by atoms with Crippen LogP contribution in [-0.4, -0.2) is 6.04 Å². The van der Waals surface area contributed by atoms with Crippen molar-refractivity contribution < 1.29 is 0 Å². The maximum Gasteiger partial charge on any atom is 0.0331 e. The number of fused-ring (bicyclic) bond motifs is 2. The van der Waals surface area contributed by atoms with Gasteiger partial charge in [0, 0.05) is 6.04 Å². The first-order valence-electron chi connectivity index (χ1n) is 8.58. The first-order chi connectivity index (χ1) is 11.1. The van der Waals surface area contributed by atoms with Crippen LogP contribution in [0.3, 0.4) is 0 Å². The van der Waals surface area contributed by atoms with Crippen LogP contribution in [-0.2, 0) is 0 Å². The highest BCUT2D eigenvalue weighted by molar-refractivity contribution is 14.1. The number of hydrogen-bond donors (Lipinski definition) is 1. The number of nitrogens with two attached hydrogens (primary N) is 1. The van der Waals surface area contributed by atoms with Gasteiger partial charge >= 0.3 is 0 Å². The summed E-state index contributed by atoms with van der Waals surface area (Å²) in [5, 5.41) is 0. The fourth-order valence-corrected chi connectivity index (χ4v) is 4.89. The van der Waals surface area contributed by atoms with Gasteiger partial charge < -0.3 is 5.73 Å². The highest BCUT2D eigenvalue weighted by Crippen LogP contribution is 2.46. The molecule has 1 saturated carbocycles. The van der Waals surface area contributed by atoms with Crippen LogP contribution < -0.4 is 5.73 Å². The van der Waals surface area contributed by atoms with Gasteiger partial charge in [-0.2, -0.15) is 0 Å². The van der Waals surface area contributed by atoms with Gasteiger partial charge in [0.05, 0.1) is 0 Å². The monoisotopic (exact) mass is 419 g/mol. The molecule has 23 heavy (non-hydrogen) atoms. The Morgan fingerprint density at radius 2 is 2.00 bits per heavy atom. The highest BCUT2D eigenvalue weighted by atomic mass is 127. The van der Waals surface area contributed by atoms with E-state index in [-0.39, 0.29) is 6.04 Å². The summed E-state index contributed by atoms with van der Waals surface area (Å²) in [4.78, 5) is 0. The molecule has 0 aliphatic heterocycles. The van der Waals surface area contributed by atoms with Crippen LogP contribution >= 0.6 is 22.6 Å². The highest BCUT2D eigenvalue weighted by Gasteiger charge is 2.40. The minimum absolute atomic E-state index is 0.125. The maximum absolute atomic E-state index is 6.74. The van der Waals surface area contributed by atoms with Crippen molar-refractivity contribution in [1.82, 2.24) is 0 Å². The van der Waals surface area contributed by atoms with Gasteiger partial charge in [-0.3, -0.25) is 0 Å². The lowest BCUT2D eigenvalue weighted by Crippen LogP contribution is -2.43. The van der Waals surface area contributed by atoms with E-state index >= 15 is 0 Å². The molecule has 0 aromatic rings. The average molecular weight is 419 g/mol. The fraction of sp³-hybridized carbons (Fsp3) is 0.429. The molecular weight excluding hydrogens is 393 g/mol. The van der Waals surface area contributed by atoms with Gasteiger partial charge in [0.25, 0.3) is 0 Å². The van der Waals surface area contributed by atoms with Gasteiger partial charge in [0.2, 0.25) is 0 Å². The molecule has 0 spiro atoms. The third kappa shape index (κ3) is 3.80. The molecular formula is C21H26IN. The lowest BCUT2D eigenvalue weighted by atomic mass is 9.65. The molecule has 2 heteroatoms. The van der Waals surface area contributed by atoms with Crippen LogP contribution in [0, 0.1) is 23.7 Å². The Morgan fingerprint density at radius 3 is 2.78 bits per heavy atom. The van der Waals surface area contributed by atoms with Gasteiger partial charge in [-0.05, 0) is 80.3 Å². The zero-order valence-corrected chi connectivity index (χ0v) is 15.9. The summed E-state index contributed by atoms with van der Waals surface area (Å²) in [6, 6.07) is 0.125. The van der Waals surface area contributed by atoms with Crippen molar-refractivity contribution in [2.45, 2.75) is 32.2 Å². The van der Waals surface area contributed by atoms with Gasteiger partial charge in [0.1, 0.15) is 0 Å². The van der Waals surface area contributed by atoms with Crippen molar-refractivity contribution in [3.63, 3.8) is 0 Å². The lowest BCUT2D eigenvalue weighted by Gasteiger charge is -2.42. The van der Waals surface area contributed by atoms with E-state index < -0.39 is 0 Å². The summed E-state index contributed by atoms with van der Waals surface area (Å²) in [5.74, 6) is 2.35. The Balaban J connectivity index is 1.98. The molecule has 0 saturated heterocycles. The minimum Gasteiger partial charge on any atom is -0.324 e. The molecule has 0 aromatic heterocycles. The van der Waals surface area contributed by atoms with Gasteiger partial charge in [0.15, 0.2) is 0 Å². The third-order valence-electron chi connectivity index (χ3n) is 5.50. The largest absolute Gasteiger partial charge is 0.324 e. The van der Waals surface area contributed by atoms with E-state index in [0.29, 0.717) is 23.7 Å². The molecule has 1 fully saturated rings. The van der Waals surface area contributed by atoms with Crippen molar-refractivity contribution in [3.8, 4) is 0 Å². The normalized spacial score (nSPS) is 40.7. The van der Waals surface area contributed by atoms with Crippen molar-refractivity contribution >= 4 is 22.6 Å². The van der Waals surface area contributed by atoms with Gasteiger partial charge in [-0.1, -0.05) is 62.1 Å². The predicted octanol–water partition coefficient (Wildman–Crippen LogP) is 5.48. The van der Waals surface area contributed by atoms with Crippen LogP contribution in [0.4, 0.5) is 0 Å². The molecule has 0 amide bonds. The Kier molecular flexibility index (Phi) is 5.42. The van der Waals surface area contributed by atoms with Crippen LogP contribution in [0.5, 0.6) is 0 Å². The molecule has 0 radical (unpaired) electrons. The molecule has 1 nitrogen and oxygen atoms in total. The predicted molar refractivity (Wildman–Crippen MR) is 108 cm³/mol. The summed E-state index contributed by atoms with van der Waals surface area (Å²) in [6.45, 7) is 6.58. The summed E-state index contributed by atoms with van der Waals surface area (Å²) < 4.78 is 1.30. The Morgan fingerprint density at radius 1 is 1.22 bits per heavy atom. The topological polar surface area (TPSA) is 26.0 Å². The van der Waals surface area contributed by atoms with Crippen LogP contribution in [0.15, 0.2) is 69.9 Å². The molecule has 0 heterocycles. The van der Waals surface area contributed by atoms with Crippen molar-refractivity contribution in [2.75, 3.05) is 0 Å². The van der Waals surface area contributed by atoms with Crippen molar-refractivity contribution in [2.24, 2.45) is 29.4 Å². The summed E-state index contributed by atoms with van der Waals surface area (Å²) in [5.41, 5.74) is 9.43. The average Bonchev–Trinajstić information content (AvgIpc) is 2.63. The van der Waals surface area contributed by atoms with Crippen LogP contribution in [0.25, 0.3) is 0 Å². The Labute approximate surface area is 153 Å². The van der Waals surface area contributed by atoms with Gasteiger partial charge in [-0.25, -0.2) is 0 Å². The van der Waals surface area contributed by atoms with E-state index in [1.54, 1.807) is 0 Å². The van der Waals surface area contributed by atoms with Crippen LogP contribution in [0.2, 0.25) is 0 Å². The maximum atomic E-state index is 6.74. The Hall–Kier alpha value is -0.870. The zero-order valence-electron chi connectivity index (χ0n) is 13.8. The molecule has 5 atom stereocenters. The quantitative estimate of drug-likeness (QED) is 0.560. The van der Waals surface area contributed by atoms with E-state index in [4.69, 9.17) is 5.73 Å². The smallest absolute Gasteiger partial charge is 0.0331 e.